The molecule has 2 heteroatoms. The second-order valence-corrected chi connectivity index (χ2v) is 3.57. The zero-order valence-electron chi connectivity index (χ0n) is 8.06. The molecule has 0 aromatic rings. The molecule has 3 N–H and O–H groups in total. The van der Waals surface area contributed by atoms with Crippen LogP contribution in [0.1, 0.15) is 27.2 Å². The Balaban J connectivity index is 3.10. The van der Waals surface area contributed by atoms with Crippen LogP contribution in [0.2, 0.25) is 0 Å². The van der Waals surface area contributed by atoms with E-state index in [4.69, 9.17) is 5.73 Å². The van der Waals surface area contributed by atoms with Gasteiger partial charge < -0.3 is 11.1 Å². The third kappa shape index (κ3) is 6.32. The fourth-order valence-electron chi connectivity index (χ4n) is 0.792. The first-order valence-corrected chi connectivity index (χ1v) is 4.59. The van der Waals surface area contributed by atoms with Crippen molar-refractivity contribution in [1.82, 2.24) is 5.32 Å². The van der Waals surface area contributed by atoms with E-state index < -0.39 is 0 Å². The Morgan fingerprint density at radius 1 is 1.27 bits per heavy atom. The molecular formula is C9H22N2. The number of hydrogen-bond acceptors (Lipinski definition) is 2. The molecule has 0 aromatic carbocycles. The standard InChI is InChI=1S/C9H22N2/c1-8(2)9(3)7-11-6-4-5-10/h8-9,11H,4-7,10H2,1-3H3. The zero-order chi connectivity index (χ0) is 8.69. The quantitative estimate of drug-likeness (QED) is 0.570. The maximum Gasteiger partial charge on any atom is -0.00207 e. The molecule has 0 aromatic heterocycles. The summed E-state index contributed by atoms with van der Waals surface area (Å²) in [6.45, 7) is 9.78. The molecule has 0 aliphatic carbocycles. The van der Waals surface area contributed by atoms with Gasteiger partial charge in [-0.05, 0) is 37.9 Å². The second-order valence-electron chi connectivity index (χ2n) is 3.57. The lowest BCUT2D eigenvalue weighted by molar-refractivity contribution is 0.393. The fraction of sp³-hybridized carbons (Fsp3) is 1.00. The molecule has 1 atom stereocenters. The summed E-state index contributed by atoms with van der Waals surface area (Å²) < 4.78 is 0. The summed E-state index contributed by atoms with van der Waals surface area (Å²) in [4.78, 5) is 0. The highest BCUT2D eigenvalue weighted by Crippen LogP contribution is 2.07. The number of nitrogens with two attached hydrogens (primary N) is 1. The van der Waals surface area contributed by atoms with Crippen molar-refractivity contribution in [2.45, 2.75) is 27.2 Å². The van der Waals surface area contributed by atoms with Gasteiger partial charge in [-0.25, -0.2) is 0 Å². The largest absolute Gasteiger partial charge is 0.330 e. The average molecular weight is 158 g/mol. The molecule has 11 heavy (non-hydrogen) atoms. The van der Waals surface area contributed by atoms with E-state index in [9.17, 15) is 0 Å². The summed E-state index contributed by atoms with van der Waals surface area (Å²) in [5.74, 6) is 1.55. The van der Waals surface area contributed by atoms with Gasteiger partial charge in [0.1, 0.15) is 0 Å². The number of rotatable bonds is 6. The van der Waals surface area contributed by atoms with E-state index in [0.717, 1.165) is 37.9 Å². The van der Waals surface area contributed by atoms with Crippen LogP contribution < -0.4 is 11.1 Å². The van der Waals surface area contributed by atoms with Crippen molar-refractivity contribution >= 4 is 0 Å². The van der Waals surface area contributed by atoms with Gasteiger partial charge in [0.05, 0.1) is 0 Å². The predicted molar refractivity (Wildman–Crippen MR) is 50.5 cm³/mol. The highest BCUT2D eigenvalue weighted by molar-refractivity contribution is 4.60. The van der Waals surface area contributed by atoms with E-state index >= 15 is 0 Å². The van der Waals surface area contributed by atoms with Crippen LogP contribution in [0.4, 0.5) is 0 Å². The molecule has 0 spiro atoms. The molecule has 1 unspecified atom stereocenters. The van der Waals surface area contributed by atoms with Gasteiger partial charge in [-0.1, -0.05) is 20.8 Å². The van der Waals surface area contributed by atoms with Gasteiger partial charge in [0.15, 0.2) is 0 Å². The van der Waals surface area contributed by atoms with Crippen molar-refractivity contribution in [3.63, 3.8) is 0 Å². The van der Waals surface area contributed by atoms with Gasteiger partial charge in [-0.15, -0.1) is 0 Å². The van der Waals surface area contributed by atoms with Crippen molar-refractivity contribution in [2.75, 3.05) is 19.6 Å². The maximum atomic E-state index is 5.37. The van der Waals surface area contributed by atoms with Crippen LogP contribution in [-0.4, -0.2) is 19.6 Å². The third-order valence-corrected chi connectivity index (χ3v) is 2.16. The predicted octanol–water partition coefficient (Wildman–Crippen LogP) is 1.22. The summed E-state index contributed by atoms with van der Waals surface area (Å²) in [6, 6.07) is 0. The van der Waals surface area contributed by atoms with Crippen LogP contribution in [0.25, 0.3) is 0 Å². The Morgan fingerprint density at radius 3 is 2.36 bits per heavy atom. The molecule has 0 aliphatic heterocycles. The molecule has 68 valence electrons. The summed E-state index contributed by atoms with van der Waals surface area (Å²) >= 11 is 0. The van der Waals surface area contributed by atoms with Crippen molar-refractivity contribution in [3.8, 4) is 0 Å². The second kappa shape index (κ2) is 6.62. The van der Waals surface area contributed by atoms with Crippen molar-refractivity contribution in [2.24, 2.45) is 17.6 Å². The summed E-state index contributed by atoms with van der Waals surface area (Å²) in [5, 5.41) is 3.39. The van der Waals surface area contributed by atoms with E-state index in [1.165, 1.54) is 0 Å². The fourth-order valence-corrected chi connectivity index (χ4v) is 0.792. The lowest BCUT2D eigenvalue weighted by Crippen LogP contribution is -2.26. The SMILES string of the molecule is CC(C)C(C)CNCCCN. The molecule has 0 saturated heterocycles. The number of hydrogen-bond donors (Lipinski definition) is 2. The van der Waals surface area contributed by atoms with Crippen LogP contribution >= 0.6 is 0 Å². The minimum absolute atomic E-state index is 0.771. The minimum Gasteiger partial charge on any atom is -0.330 e. The van der Waals surface area contributed by atoms with Crippen LogP contribution in [0.5, 0.6) is 0 Å². The third-order valence-electron chi connectivity index (χ3n) is 2.16. The summed E-state index contributed by atoms with van der Waals surface area (Å²) in [6.07, 6.45) is 1.09. The van der Waals surface area contributed by atoms with Crippen LogP contribution in [-0.2, 0) is 0 Å². The molecule has 0 radical (unpaired) electrons. The van der Waals surface area contributed by atoms with Crippen molar-refractivity contribution in [3.05, 3.63) is 0 Å². The summed E-state index contributed by atoms with van der Waals surface area (Å²) in [7, 11) is 0. The monoisotopic (exact) mass is 158 g/mol. The van der Waals surface area contributed by atoms with Crippen LogP contribution in [0.3, 0.4) is 0 Å². The molecule has 0 heterocycles. The molecule has 0 rings (SSSR count). The van der Waals surface area contributed by atoms with Gasteiger partial charge >= 0.3 is 0 Å². The number of nitrogens with one attached hydrogen (secondary N) is 1. The van der Waals surface area contributed by atoms with Crippen LogP contribution in [0.15, 0.2) is 0 Å². The van der Waals surface area contributed by atoms with Gasteiger partial charge in [0, 0.05) is 0 Å². The van der Waals surface area contributed by atoms with E-state index in [1.54, 1.807) is 0 Å². The minimum atomic E-state index is 0.771. The Morgan fingerprint density at radius 2 is 1.91 bits per heavy atom. The first-order valence-electron chi connectivity index (χ1n) is 4.59. The molecule has 0 bridgehead atoms. The molecular weight excluding hydrogens is 136 g/mol. The van der Waals surface area contributed by atoms with Gasteiger partial charge in [0.2, 0.25) is 0 Å². The highest BCUT2D eigenvalue weighted by Gasteiger charge is 2.04. The van der Waals surface area contributed by atoms with Gasteiger partial charge in [-0.2, -0.15) is 0 Å². The van der Waals surface area contributed by atoms with Crippen LogP contribution in [0, 0.1) is 11.8 Å². The van der Waals surface area contributed by atoms with E-state index in [2.05, 4.69) is 26.1 Å². The molecule has 0 amide bonds. The van der Waals surface area contributed by atoms with E-state index in [0.29, 0.717) is 0 Å². The van der Waals surface area contributed by atoms with Gasteiger partial charge in [-0.3, -0.25) is 0 Å². The Bertz CT molecular complexity index is 81.6. The zero-order valence-corrected chi connectivity index (χ0v) is 8.06. The normalized spacial score (nSPS) is 13.9. The Hall–Kier alpha value is -0.0800. The lowest BCUT2D eigenvalue weighted by Gasteiger charge is -2.15. The topological polar surface area (TPSA) is 38.0 Å². The highest BCUT2D eigenvalue weighted by atomic mass is 14.9. The Kier molecular flexibility index (Phi) is 6.57. The lowest BCUT2D eigenvalue weighted by atomic mass is 9.98. The smallest absolute Gasteiger partial charge is 0.00207 e. The van der Waals surface area contributed by atoms with Gasteiger partial charge in [0.25, 0.3) is 0 Å². The van der Waals surface area contributed by atoms with Crippen molar-refractivity contribution < 1.29 is 0 Å². The summed E-state index contributed by atoms with van der Waals surface area (Å²) in [5.41, 5.74) is 5.37. The molecule has 2 nitrogen and oxygen atoms in total. The van der Waals surface area contributed by atoms with E-state index in [-0.39, 0.29) is 0 Å². The molecule has 0 aliphatic rings. The average Bonchev–Trinajstić information content (AvgIpc) is 1.97. The van der Waals surface area contributed by atoms with E-state index in [1.807, 2.05) is 0 Å². The maximum absolute atomic E-state index is 5.37. The first kappa shape index (κ1) is 10.9. The molecule has 0 saturated carbocycles. The molecule has 0 fully saturated rings. The van der Waals surface area contributed by atoms with Crippen molar-refractivity contribution in [1.29, 1.82) is 0 Å². The Labute approximate surface area is 70.5 Å². The first-order chi connectivity index (χ1) is 5.18.